The predicted molar refractivity (Wildman–Crippen MR) is 67.2 cm³/mol. The zero-order chi connectivity index (χ0) is 15.9. The number of pyridine rings is 1. The lowest BCUT2D eigenvalue weighted by Crippen LogP contribution is -2.69. The van der Waals surface area contributed by atoms with E-state index in [0.29, 0.717) is 0 Å². The lowest BCUT2D eigenvalue weighted by molar-refractivity contribution is -0.190. The molecular formula is C13H12F3N3O3. The summed E-state index contributed by atoms with van der Waals surface area (Å²) in [7, 11) is 0. The third kappa shape index (κ3) is 2.63. The highest BCUT2D eigenvalue weighted by molar-refractivity contribution is 5.95. The number of rotatable bonds is 2. The Labute approximate surface area is 123 Å². The molecule has 22 heavy (non-hydrogen) atoms. The van der Waals surface area contributed by atoms with Crippen LogP contribution < -0.4 is 10.1 Å². The molecule has 0 radical (unpaired) electrons. The van der Waals surface area contributed by atoms with Gasteiger partial charge in [0.15, 0.2) is 0 Å². The number of halogens is 3. The van der Waals surface area contributed by atoms with Crippen molar-refractivity contribution in [1.29, 1.82) is 0 Å². The van der Waals surface area contributed by atoms with Gasteiger partial charge < -0.3 is 15.0 Å². The number of nitrogens with zero attached hydrogens (tertiary/aromatic N) is 2. The van der Waals surface area contributed by atoms with E-state index in [0.717, 1.165) is 31.8 Å². The van der Waals surface area contributed by atoms with Crippen molar-refractivity contribution in [2.75, 3.05) is 13.1 Å². The fourth-order valence-electron chi connectivity index (χ4n) is 2.68. The minimum Gasteiger partial charge on any atom is -0.401 e. The number of ether oxygens (including phenoxy) is 1. The molecule has 1 aromatic heterocycles. The van der Waals surface area contributed by atoms with Crippen molar-refractivity contribution in [1.82, 2.24) is 15.2 Å². The van der Waals surface area contributed by atoms with Crippen LogP contribution in [0.15, 0.2) is 18.3 Å². The molecule has 2 fully saturated rings. The molecule has 2 unspecified atom stereocenters. The Morgan fingerprint density at radius 3 is 2.45 bits per heavy atom. The first-order valence-electron chi connectivity index (χ1n) is 6.64. The molecule has 1 amide bonds. The van der Waals surface area contributed by atoms with Crippen molar-refractivity contribution in [2.24, 2.45) is 0 Å². The summed E-state index contributed by atoms with van der Waals surface area (Å²) in [6.07, 6.45) is -3.02. The smallest absolute Gasteiger partial charge is 0.401 e. The van der Waals surface area contributed by atoms with Gasteiger partial charge in [-0.25, -0.2) is 9.78 Å². The molecule has 2 bridgehead atoms. The van der Waals surface area contributed by atoms with Gasteiger partial charge in [-0.05, 0) is 12.5 Å². The highest BCUT2D eigenvalue weighted by Crippen LogP contribution is 2.30. The lowest BCUT2D eigenvalue weighted by atomic mass is 9.88. The number of carbonyl (C=O) groups is 2. The van der Waals surface area contributed by atoms with Gasteiger partial charge in [0.25, 0.3) is 5.91 Å². The third-order valence-electron chi connectivity index (χ3n) is 3.74. The maximum absolute atomic E-state index is 12.3. The number of piperidine rings is 1. The van der Waals surface area contributed by atoms with Crippen molar-refractivity contribution in [3.63, 3.8) is 0 Å². The molecule has 2 aliphatic rings. The van der Waals surface area contributed by atoms with Crippen LogP contribution in [0.25, 0.3) is 0 Å². The maximum Gasteiger partial charge on any atom is 0.491 e. The van der Waals surface area contributed by atoms with E-state index in [9.17, 15) is 22.8 Å². The Balaban J connectivity index is 1.67. The van der Waals surface area contributed by atoms with E-state index in [1.165, 1.54) is 6.07 Å². The number of fused-ring (bicyclic) bond motifs is 2. The van der Waals surface area contributed by atoms with E-state index in [1.54, 1.807) is 4.90 Å². The first kappa shape index (κ1) is 14.8. The van der Waals surface area contributed by atoms with Crippen molar-refractivity contribution < 1.29 is 27.5 Å². The number of hydrogen-bond acceptors (Lipinski definition) is 5. The summed E-state index contributed by atoms with van der Waals surface area (Å²) in [5.41, 5.74) is 0.253. The highest BCUT2D eigenvalue weighted by atomic mass is 19.4. The van der Waals surface area contributed by atoms with Gasteiger partial charge in [-0.15, -0.1) is 0 Å². The predicted octanol–water partition coefficient (Wildman–Crippen LogP) is 0.736. The maximum atomic E-state index is 12.3. The van der Waals surface area contributed by atoms with Crippen molar-refractivity contribution in [3.05, 3.63) is 23.9 Å². The van der Waals surface area contributed by atoms with Gasteiger partial charge in [0.2, 0.25) is 5.88 Å². The van der Waals surface area contributed by atoms with E-state index in [2.05, 4.69) is 15.0 Å². The van der Waals surface area contributed by atoms with Gasteiger partial charge in [0.1, 0.15) is 0 Å². The standard InChI is InChI=1S/C13H12F3N3O3/c14-13(15,16)12(21)22-10-2-1-7(4-18-10)11(20)19-8-3-9(19)6-17-5-8/h1-2,4,8-9,17H,3,5-6H2. The average Bonchev–Trinajstić information content (AvgIpc) is 2.47. The Bertz CT molecular complexity index is 589. The van der Waals surface area contributed by atoms with E-state index >= 15 is 0 Å². The minimum atomic E-state index is -5.09. The molecule has 2 aliphatic heterocycles. The second-order valence-electron chi connectivity index (χ2n) is 5.19. The normalized spacial score (nSPS) is 23.7. The molecule has 9 heteroatoms. The van der Waals surface area contributed by atoms with Crippen LogP contribution in [0.2, 0.25) is 0 Å². The summed E-state index contributed by atoms with van der Waals surface area (Å²) >= 11 is 0. The lowest BCUT2D eigenvalue weighted by Gasteiger charge is -2.53. The van der Waals surface area contributed by atoms with Crippen molar-refractivity contribution in [3.8, 4) is 5.88 Å². The fourth-order valence-corrected chi connectivity index (χ4v) is 2.68. The molecule has 0 aliphatic carbocycles. The van der Waals surface area contributed by atoms with Crippen LogP contribution in [0.5, 0.6) is 5.88 Å². The second-order valence-corrected chi connectivity index (χ2v) is 5.19. The van der Waals surface area contributed by atoms with Crippen LogP contribution in [0, 0.1) is 0 Å². The number of hydrogen-bond donors (Lipinski definition) is 1. The molecule has 0 spiro atoms. The minimum absolute atomic E-state index is 0.147. The molecule has 1 N–H and O–H groups in total. The number of amides is 1. The zero-order valence-electron chi connectivity index (χ0n) is 11.3. The van der Waals surface area contributed by atoms with Crippen molar-refractivity contribution >= 4 is 11.9 Å². The van der Waals surface area contributed by atoms with Gasteiger partial charge in [-0.2, -0.15) is 13.2 Å². The molecule has 0 saturated carbocycles. The molecule has 118 valence electrons. The number of aromatic nitrogens is 1. The van der Waals surface area contributed by atoms with Crippen LogP contribution in [0.1, 0.15) is 16.8 Å². The van der Waals surface area contributed by atoms with Gasteiger partial charge in [0.05, 0.1) is 5.56 Å². The third-order valence-corrected chi connectivity index (χ3v) is 3.74. The Kier molecular flexibility index (Phi) is 3.51. The summed E-state index contributed by atoms with van der Waals surface area (Å²) in [5, 5.41) is 3.19. The average molecular weight is 315 g/mol. The summed E-state index contributed by atoms with van der Waals surface area (Å²) in [6.45, 7) is 1.47. The van der Waals surface area contributed by atoms with Gasteiger partial charge in [0, 0.05) is 37.4 Å². The largest absolute Gasteiger partial charge is 0.491 e. The molecule has 2 atom stereocenters. The summed E-state index contributed by atoms with van der Waals surface area (Å²) in [5.74, 6) is -3.06. The second kappa shape index (κ2) is 5.24. The van der Waals surface area contributed by atoms with Crippen LogP contribution >= 0.6 is 0 Å². The highest BCUT2D eigenvalue weighted by Gasteiger charge is 2.44. The number of nitrogens with one attached hydrogen (secondary N) is 1. The molecular weight excluding hydrogens is 303 g/mol. The number of alkyl halides is 3. The first-order valence-corrected chi connectivity index (χ1v) is 6.64. The number of piperazine rings is 1. The van der Waals surface area contributed by atoms with E-state index < -0.39 is 18.0 Å². The molecule has 6 nitrogen and oxygen atoms in total. The summed E-state index contributed by atoms with van der Waals surface area (Å²) < 4.78 is 40.3. The summed E-state index contributed by atoms with van der Waals surface area (Å²) in [6, 6.07) is 2.67. The van der Waals surface area contributed by atoms with Crippen LogP contribution in [0.4, 0.5) is 13.2 Å². The molecule has 0 aromatic carbocycles. The van der Waals surface area contributed by atoms with E-state index in [4.69, 9.17) is 0 Å². The van der Waals surface area contributed by atoms with Gasteiger partial charge >= 0.3 is 12.1 Å². The number of esters is 1. The monoisotopic (exact) mass is 315 g/mol. The molecule has 3 heterocycles. The van der Waals surface area contributed by atoms with Crippen molar-refractivity contribution in [2.45, 2.75) is 24.7 Å². The van der Waals surface area contributed by atoms with Gasteiger partial charge in [-0.1, -0.05) is 0 Å². The first-order chi connectivity index (χ1) is 10.4. The summed E-state index contributed by atoms with van der Waals surface area (Å²) in [4.78, 5) is 28.3. The Morgan fingerprint density at radius 2 is 1.95 bits per heavy atom. The topological polar surface area (TPSA) is 71.5 Å². The fraction of sp³-hybridized carbons (Fsp3) is 0.462. The van der Waals surface area contributed by atoms with Crippen LogP contribution in [-0.4, -0.2) is 53.1 Å². The SMILES string of the molecule is O=C(c1ccc(OC(=O)C(F)(F)F)nc1)N1C2CNCC1C2. The molecule has 1 aromatic rings. The quantitative estimate of drug-likeness (QED) is 0.815. The Hall–Kier alpha value is -2.16. The van der Waals surface area contributed by atoms with Crippen LogP contribution in [0.3, 0.4) is 0 Å². The van der Waals surface area contributed by atoms with Gasteiger partial charge in [-0.3, -0.25) is 4.79 Å². The zero-order valence-corrected chi connectivity index (χ0v) is 11.3. The number of carbonyl (C=O) groups excluding carboxylic acids is 2. The molecule has 3 rings (SSSR count). The van der Waals surface area contributed by atoms with E-state index in [-0.39, 0.29) is 23.6 Å². The molecule has 2 saturated heterocycles. The Morgan fingerprint density at radius 1 is 1.27 bits per heavy atom. The van der Waals surface area contributed by atoms with Crippen LogP contribution in [-0.2, 0) is 4.79 Å². The van der Waals surface area contributed by atoms with E-state index in [1.807, 2.05) is 0 Å².